The highest BCUT2D eigenvalue weighted by atomic mass is 28.4. The Balaban J connectivity index is 2.00. The first kappa shape index (κ1) is 27.0. The molecule has 0 fully saturated rings. The van der Waals surface area contributed by atoms with E-state index in [1.807, 2.05) is 6.92 Å². The molecule has 2 aromatic carbocycles. The number of aromatic hydroxyl groups is 2. The highest BCUT2D eigenvalue weighted by molar-refractivity contribution is 6.73. The second-order valence-corrected chi connectivity index (χ2v) is 14.7. The number of ketones is 2. The number of benzene rings is 2. The molecule has 2 N–H and O–H groups in total. The number of carbonyl (C=O) groups excluding carboxylic acids is 3. The lowest BCUT2D eigenvalue weighted by Gasteiger charge is -2.49. The van der Waals surface area contributed by atoms with Gasteiger partial charge in [0.2, 0.25) is 5.78 Å². The van der Waals surface area contributed by atoms with Gasteiger partial charge in [0, 0.05) is 30.2 Å². The zero-order valence-corrected chi connectivity index (χ0v) is 23.1. The van der Waals surface area contributed by atoms with E-state index in [-0.39, 0.29) is 40.0 Å². The Morgan fingerprint density at radius 3 is 2.24 bits per heavy atom. The minimum Gasteiger partial charge on any atom is -0.507 e. The largest absolute Gasteiger partial charge is 0.507 e. The Morgan fingerprint density at radius 1 is 1.03 bits per heavy atom. The molecule has 0 bridgehead atoms. The van der Waals surface area contributed by atoms with E-state index < -0.39 is 49.2 Å². The summed E-state index contributed by atoms with van der Waals surface area (Å²) in [6.07, 6.45) is -0.474. The summed E-state index contributed by atoms with van der Waals surface area (Å²) in [5, 5.41) is 21.8. The zero-order chi connectivity index (χ0) is 27.3. The van der Waals surface area contributed by atoms with Gasteiger partial charge in [0.05, 0.1) is 29.9 Å². The molecular weight excluding hydrogens is 492 g/mol. The fourth-order valence-corrected chi connectivity index (χ4v) is 9.23. The van der Waals surface area contributed by atoms with Crippen LogP contribution in [0.4, 0.5) is 0 Å². The van der Waals surface area contributed by atoms with Crippen LogP contribution in [0.3, 0.4) is 0 Å². The predicted molar refractivity (Wildman–Crippen MR) is 139 cm³/mol. The van der Waals surface area contributed by atoms with E-state index in [9.17, 15) is 24.6 Å². The maximum Gasteiger partial charge on any atom is 0.316 e. The normalized spacial score (nSPS) is 22.8. The van der Waals surface area contributed by atoms with Crippen LogP contribution in [0.25, 0.3) is 0 Å². The Morgan fingerprint density at radius 2 is 1.68 bits per heavy atom. The lowest BCUT2D eigenvalue weighted by molar-refractivity contribution is -0.151. The molecule has 0 aliphatic heterocycles. The summed E-state index contributed by atoms with van der Waals surface area (Å²) in [7, 11) is 0.547. The van der Waals surface area contributed by atoms with Crippen molar-refractivity contribution in [1.29, 1.82) is 0 Å². The number of phenolic OH excluding ortho intramolecular Hbond substituents is 2. The average Bonchev–Trinajstić information content (AvgIpc) is 2.89. The van der Waals surface area contributed by atoms with Crippen LogP contribution in [0.5, 0.6) is 11.5 Å². The Labute approximate surface area is 217 Å². The summed E-state index contributed by atoms with van der Waals surface area (Å²) in [4.78, 5) is 40.3. The molecule has 2 aliphatic rings. The van der Waals surface area contributed by atoms with Gasteiger partial charge in [-0.1, -0.05) is 32.9 Å². The average molecular weight is 527 g/mol. The molecule has 0 saturated carbocycles. The van der Waals surface area contributed by atoms with Crippen LogP contribution in [0.1, 0.15) is 89.1 Å². The third-order valence-electron chi connectivity index (χ3n) is 8.30. The fraction of sp³-hybridized carbons (Fsp3) is 0.464. The van der Waals surface area contributed by atoms with Crippen molar-refractivity contribution in [1.82, 2.24) is 0 Å². The van der Waals surface area contributed by atoms with Crippen LogP contribution in [0.15, 0.2) is 24.3 Å². The third kappa shape index (κ3) is 4.00. The van der Waals surface area contributed by atoms with Crippen LogP contribution in [0.2, 0.25) is 18.1 Å². The van der Waals surface area contributed by atoms with Gasteiger partial charge in [0.15, 0.2) is 14.1 Å². The van der Waals surface area contributed by atoms with Crippen LogP contribution in [-0.4, -0.2) is 55.9 Å². The van der Waals surface area contributed by atoms with E-state index in [2.05, 4.69) is 20.8 Å². The van der Waals surface area contributed by atoms with Crippen LogP contribution in [0, 0.1) is 0 Å². The Hall–Kier alpha value is -3.01. The van der Waals surface area contributed by atoms with Crippen LogP contribution < -0.4 is 0 Å². The fourth-order valence-electron chi connectivity index (χ4n) is 6.10. The molecule has 0 unspecified atom stereocenters. The first-order valence-electron chi connectivity index (χ1n) is 12.6. The summed E-state index contributed by atoms with van der Waals surface area (Å²) in [6, 6.07) is 8.34. The van der Waals surface area contributed by atoms with Crippen molar-refractivity contribution in [2.75, 3.05) is 14.2 Å². The molecule has 37 heavy (non-hydrogen) atoms. The van der Waals surface area contributed by atoms with E-state index in [0.29, 0.717) is 5.56 Å². The number of phenols is 2. The number of ether oxygens (including phenoxy) is 2. The lowest BCUT2D eigenvalue weighted by atomic mass is 9.68. The van der Waals surface area contributed by atoms with Crippen molar-refractivity contribution < 1.29 is 38.5 Å². The third-order valence-corrected chi connectivity index (χ3v) is 13.1. The van der Waals surface area contributed by atoms with Gasteiger partial charge in [-0.3, -0.25) is 14.4 Å². The molecule has 0 heterocycles. The van der Waals surface area contributed by atoms with Crippen molar-refractivity contribution >= 4 is 25.9 Å². The second-order valence-electron chi connectivity index (χ2n) is 10.1. The van der Waals surface area contributed by atoms with E-state index in [4.69, 9.17) is 13.9 Å². The van der Waals surface area contributed by atoms with Crippen molar-refractivity contribution in [2.45, 2.75) is 69.9 Å². The van der Waals surface area contributed by atoms with Gasteiger partial charge in [0.1, 0.15) is 17.4 Å². The van der Waals surface area contributed by atoms with E-state index in [1.165, 1.54) is 38.5 Å². The molecule has 198 valence electrons. The predicted octanol–water partition coefficient (Wildman–Crippen LogP) is 5.00. The maximum absolute atomic E-state index is 13.5. The molecular formula is C28H34O8Si. The quantitative estimate of drug-likeness (QED) is 0.326. The van der Waals surface area contributed by atoms with Crippen LogP contribution in [-0.2, 0) is 18.7 Å². The number of methoxy groups -OCH3 is 2. The van der Waals surface area contributed by atoms with Gasteiger partial charge < -0.3 is 24.1 Å². The van der Waals surface area contributed by atoms with Gasteiger partial charge in [-0.15, -0.1) is 0 Å². The number of fused-ring (bicyclic) bond motifs is 3. The molecule has 0 spiro atoms. The van der Waals surface area contributed by atoms with Crippen molar-refractivity contribution in [2.24, 2.45) is 0 Å². The summed E-state index contributed by atoms with van der Waals surface area (Å²) in [6.45, 7) is 8.15. The summed E-state index contributed by atoms with van der Waals surface area (Å²) in [5.41, 5.74) is -0.770. The van der Waals surface area contributed by atoms with Gasteiger partial charge in [0.25, 0.3) is 0 Å². The highest BCUT2D eigenvalue weighted by Crippen LogP contribution is 2.54. The lowest BCUT2D eigenvalue weighted by Crippen LogP contribution is -2.53. The number of hydrogen-bond donors (Lipinski definition) is 2. The number of rotatable bonds is 7. The maximum atomic E-state index is 13.5. The van der Waals surface area contributed by atoms with Gasteiger partial charge >= 0.3 is 5.97 Å². The molecule has 4 rings (SSSR count). The molecule has 3 atom stereocenters. The minimum absolute atomic E-state index is 0.0302. The molecule has 0 radical (unpaired) electrons. The molecule has 0 amide bonds. The minimum atomic E-state index is -2.24. The summed E-state index contributed by atoms with van der Waals surface area (Å²) >= 11 is 0. The molecule has 0 aromatic heterocycles. The van der Waals surface area contributed by atoms with Crippen molar-refractivity contribution in [3.63, 3.8) is 0 Å². The van der Waals surface area contributed by atoms with Gasteiger partial charge in [-0.2, -0.15) is 0 Å². The molecule has 2 aliphatic carbocycles. The van der Waals surface area contributed by atoms with Gasteiger partial charge in [-0.05, 0) is 42.8 Å². The van der Waals surface area contributed by atoms with E-state index in [0.717, 1.165) is 18.1 Å². The van der Waals surface area contributed by atoms with Crippen molar-refractivity contribution in [3.05, 3.63) is 57.6 Å². The SMILES string of the molecule is CC[Si](CC)(CC)O[C@]1(C)C[C@H](OC)c2c(cc3c(c2O)C(=O)c2c(O)cccc2C3=O)[C@H]1C(=O)OC. The van der Waals surface area contributed by atoms with E-state index in [1.54, 1.807) is 0 Å². The van der Waals surface area contributed by atoms with Gasteiger partial charge in [-0.25, -0.2) is 0 Å². The summed E-state index contributed by atoms with van der Waals surface area (Å²) in [5.74, 6) is -3.46. The molecule has 9 heteroatoms. The topological polar surface area (TPSA) is 119 Å². The second kappa shape index (κ2) is 9.70. The number of esters is 1. The first-order valence-corrected chi connectivity index (χ1v) is 15.2. The summed E-state index contributed by atoms with van der Waals surface area (Å²) < 4.78 is 17.9. The van der Waals surface area contributed by atoms with Crippen molar-refractivity contribution in [3.8, 4) is 11.5 Å². The number of carbonyl (C=O) groups is 3. The smallest absolute Gasteiger partial charge is 0.316 e. The number of hydrogen-bond acceptors (Lipinski definition) is 8. The first-order chi connectivity index (χ1) is 17.5. The van der Waals surface area contributed by atoms with E-state index >= 15 is 0 Å². The monoisotopic (exact) mass is 526 g/mol. The molecule has 2 aromatic rings. The molecule has 8 nitrogen and oxygen atoms in total. The Kier molecular flexibility index (Phi) is 7.09. The van der Waals surface area contributed by atoms with Crippen LogP contribution >= 0.6 is 0 Å². The standard InChI is InChI=1S/C28H34O8Si/c1-7-37(8-2,9-3)36-28(4)14-19(34-5)21-16(23(28)27(33)35-6)13-17-22(26(21)32)25(31)20-15(24(17)30)11-10-12-18(20)29/h10-13,19,23,29,32H,7-9,14H2,1-6H3/t19-,23-,28+/m0/s1. The Bertz CT molecular complexity index is 1270. The molecule has 0 saturated heterocycles. The highest BCUT2D eigenvalue weighted by Gasteiger charge is 2.54. The zero-order valence-electron chi connectivity index (χ0n) is 22.1.